The van der Waals surface area contributed by atoms with Crippen molar-refractivity contribution in [3.05, 3.63) is 97.2 Å². The molecule has 0 aromatic carbocycles. The van der Waals surface area contributed by atoms with Crippen LogP contribution in [0.25, 0.3) is 0 Å². The summed E-state index contributed by atoms with van der Waals surface area (Å²) in [6.07, 6.45) is 66.2. The van der Waals surface area contributed by atoms with Gasteiger partial charge in [-0.05, 0) is 96.3 Å². The van der Waals surface area contributed by atoms with Crippen molar-refractivity contribution < 1.29 is 37.9 Å². The van der Waals surface area contributed by atoms with Crippen molar-refractivity contribution in [1.29, 1.82) is 0 Å². The first-order valence-corrected chi connectivity index (χ1v) is 27.2. The van der Waals surface area contributed by atoms with Crippen LogP contribution in [-0.4, -0.2) is 54.3 Å². The van der Waals surface area contributed by atoms with Crippen molar-refractivity contribution in [1.82, 2.24) is 5.32 Å². The molecule has 0 spiro atoms. The molecule has 0 aliphatic rings. The summed E-state index contributed by atoms with van der Waals surface area (Å²) < 4.78 is 27.0. The highest BCUT2D eigenvalue weighted by atomic mass is 31.2. The van der Waals surface area contributed by atoms with Gasteiger partial charge in [-0.15, -0.1) is 0 Å². The minimum atomic E-state index is -4.44. The number of phosphoric ester groups is 1. The van der Waals surface area contributed by atoms with Crippen molar-refractivity contribution in [2.45, 2.75) is 213 Å². The van der Waals surface area contributed by atoms with Crippen LogP contribution < -0.4 is 5.32 Å². The second kappa shape index (κ2) is 50.3. The second-order valence-corrected chi connectivity index (χ2v) is 18.2. The highest BCUT2D eigenvalue weighted by Gasteiger charge is 2.23. The molecule has 0 bridgehead atoms. The Kier molecular flexibility index (Phi) is 48.0. The number of carbonyl (C=O) groups is 2. The van der Waals surface area contributed by atoms with E-state index >= 15 is 0 Å². The Hall–Kier alpha value is -3.07. The predicted octanol–water partition coefficient (Wildman–Crippen LogP) is 15.3. The molecule has 0 fully saturated rings. The zero-order valence-electron chi connectivity index (χ0n) is 41.1. The highest BCUT2D eigenvalue weighted by molar-refractivity contribution is 7.47. The van der Waals surface area contributed by atoms with Crippen LogP contribution in [0.3, 0.4) is 0 Å². The summed E-state index contributed by atoms with van der Waals surface area (Å²) in [4.78, 5) is 34.1. The van der Waals surface area contributed by atoms with E-state index in [1.165, 1.54) is 77.0 Å². The molecule has 0 heterocycles. The average Bonchev–Trinajstić information content (AvgIpc) is 3.29. The minimum absolute atomic E-state index is 0.0648. The third kappa shape index (κ3) is 51.8. The molecule has 0 aromatic rings. The fourth-order valence-electron chi connectivity index (χ4n) is 6.65. The number of aliphatic hydroxyl groups is 1. The predicted molar refractivity (Wildman–Crippen MR) is 275 cm³/mol. The molecule has 0 rings (SSSR count). The van der Waals surface area contributed by atoms with Crippen molar-refractivity contribution in [2.75, 3.05) is 26.4 Å². The number of hydrogen-bond donors (Lipinski definition) is 3. The van der Waals surface area contributed by atoms with Gasteiger partial charge in [-0.1, -0.05) is 195 Å². The third-order valence-corrected chi connectivity index (χ3v) is 11.5. The van der Waals surface area contributed by atoms with Crippen LogP contribution in [0, 0.1) is 0 Å². The Labute approximate surface area is 397 Å². The number of ether oxygens (including phenoxy) is 1. The lowest BCUT2D eigenvalue weighted by Gasteiger charge is -2.15. The highest BCUT2D eigenvalue weighted by Crippen LogP contribution is 2.42. The number of nitrogens with one attached hydrogen (secondary N) is 1. The van der Waals surface area contributed by atoms with Crippen LogP contribution in [-0.2, 0) is 27.9 Å². The van der Waals surface area contributed by atoms with E-state index in [1.54, 1.807) is 0 Å². The van der Waals surface area contributed by atoms with Crippen molar-refractivity contribution in [3.63, 3.8) is 0 Å². The van der Waals surface area contributed by atoms with Crippen molar-refractivity contribution >= 4 is 19.7 Å². The molecule has 0 saturated carbocycles. The number of allylic oxidation sites excluding steroid dienone is 16. The topological polar surface area (TPSA) is 131 Å². The SMILES string of the molecule is CC/C=C\C/C=C\C/C=C\C/C=C\C/C=C\CCCCCCCC(=O)NCCOP(=O)(O)OCC(O)COC(=O)CCCCCCCCCCCC/C=C\C/C=C\C/C=C\CCCCC. The summed E-state index contributed by atoms with van der Waals surface area (Å²) >= 11 is 0. The number of unbranched alkanes of at least 4 members (excludes halogenated alkanes) is 18. The molecule has 3 N–H and O–H groups in total. The number of hydrogen-bond acceptors (Lipinski definition) is 7. The lowest BCUT2D eigenvalue weighted by molar-refractivity contribution is -0.147. The smallest absolute Gasteiger partial charge is 0.463 e. The zero-order valence-corrected chi connectivity index (χ0v) is 42.0. The van der Waals surface area contributed by atoms with E-state index in [1.807, 2.05) is 0 Å². The van der Waals surface area contributed by atoms with Crippen LogP contribution in [0.15, 0.2) is 97.2 Å². The first-order valence-electron chi connectivity index (χ1n) is 25.7. The molecule has 65 heavy (non-hydrogen) atoms. The minimum Gasteiger partial charge on any atom is -0.463 e. The molecule has 1 amide bonds. The molecule has 2 unspecified atom stereocenters. The molecule has 0 saturated heterocycles. The van der Waals surface area contributed by atoms with E-state index in [9.17, 15) is 24.2 Å². The molecule has 0 aromatic heterocycles. The van der Waals surface area contributed by atoms with Gasteiger partial charge in [0.15, 0.2) is 0 Å². The summed E-state index contributed by atoms with van der Waals surface area (Å²) in [5.74, 6) is -0.544. The average molecular weight is 928 g/mol. The van der Waals surface area contributed by atoms with E-state index in [-0.39, 0.29) is 32.1 Å². The molecule has 0 radical (unpaired) electrons. The summed E-state index contributed by atoms with van der Waals surface area (Å²) in [5, 5.41) is 12.7. The summed E-state index contributed by atoms with van der Waals surface area (Å²) in [7, 11) is -4.44. The van der Waals surface area contributed by atoms with E-state index in [0.29, 0.717) is 6.42 Å². The Balaban J connectivity index is 3.62. The fraction of sp³-hybridized carbons (Fsp3) is 0.673. The van der Waals surface area contributed by atoms with Gasteiger partial charge < -0.3 is 20.1 Å². The fourth-order valence-corrected chi connectivity index (χ4v) is 7.41. The van der Waals surface area contributed by atoms with Crippen LogP contribution in [0.4, 0.5) is 0 Å². The molecule has 9 nitrogen and oxygen atoms in total. The van der Waals surface area contributed by atoms with Gasteiger partial charge in [-0.3, -0.25) is 18.6 Å². The number of phosphoric acid groups is 1. The van der Waals surface area contributed by atoms with Gasteiger partial charge in [-0.2, -0.15) is 0 Å². The Morgan fingerprint density at radius 2 is 0.877 bits per heavy atom. The Morgan fingerprint density at radius 3 is 1.32 bits per heavy atom. The lowest BCUT2D eigenvalue weighted by Crippen LogP contribution is -2.27. The van der Waals surface area contributed by atoms with E-state index in [2.05, 4.69) is 116 Å². The Morgan fingerprint density at radius 1 is 0.492 bits per heavy atom. The van der Waals surface area contributed by atoms with Gasteiger partial charge in [0.1, 0.15) is 12.7 Å². The standard InChI is InChI=1S/C55H94NO8P/c1-3-5-7-9-11-13-15-17-19-21-23-25-26-28-30-32-34-36-38-40-42-44-46-48-55(59)62-51-53(57)52-64-65(60,61)63-50-49-56-54(58)47-45-43-41-39-37-35-33-31-29-27-24-22-20-18-16-14-12-10-8-6-4-2/h6,8,11-14,17-20,23-25,27,31,33,53,57H,3-5,7,9-10,15-16,21-22,26,28-30,32,34-52H2,1-2H3,(H,56,58)(H,60,61)/b8-6-,13-11-,14-12-,19-17-,20-18-,25-23-,27-24-,33-31-. The van der Waals surface area contributed by atoms with E-state index in [4.69, 9.17) is 13.8 Å². The first-order chi connectivity index (χ1) is 31.8. The lowest BCUT2D eigenvalue weighted by atomic mass is 10.1. The molecular formula is C55H94NO8P. The number of rotatable bonds is 47. The van der Waals surface area contributed by atoms with Gasteiger partial charge in [0.2, 0.25) is 5.91 Å². The molecule has 0 aliphatic heterocycles. The van der Waals surface area contributed by atoms with Gasteiger partial charge >= 0.3 is 13.8 Å². The van der Waals surface area contributed by atoms with Crippen LogP contribution in [0.1, 0.15) is 206 Å². The van der Waals surface area contributed by atoms with Gasteiger partial charge in [0.05, 0.1) is 13.2 Å². The maximum absolute atomic E-state index is 12.2. The monoisotopic (exact) mass is 928 g/mol. The van der Waals surface area contributed by atoms with Gasteiger partial charge in [0.25, 0.3) is 0 Å². The number of esters is 1. The van der Waals surface area contributed by atoms with Crippen LogP contribution >= 0.6 is 7.82 Å². The normalized spacial score (nSPS) is 14.0. The van der Waals surface area contributed by atoms with Crippen LogP contribution in [0.2, 0.25) is 0 Å². The number of aliphatic hydroxyl groups excluding tert-OH is 1. The molecule has 10 heteroatoms. The quantitative estimate of drug-likeness (QED) is 0.0238. The van der Waals surface area contributed by atoms with Gasteiger partial charge in [0, 0.05) is 19.4 Å². The molecule has 0 aliphatic carbocycles. The summed E-state index contributed by atoms with van der Waals surface area (Å²) in [6, 6.07) is 0. The molecule has 372 valence electrons. The Bertz CT molecular complexity index is 1380. The largest absolute Gasteiger partial charge is 0.472 e. The molecular weight excluding hydrogens is 834 g/mol. The number of amides is 1. The van der Waals surface area contributed by atoms with Gasteiger partial charge in [-0.25, -0.2) is 4.57 Å². The second-order valence-electron chi connectivity index (χ2n) is 16.8. The maximum atomic E-state index is 12.2. The van der Waals surface area contributed by atoms with Crippen LogP contribution in [0.5, 0.6) is 0 Å². The van der Waals surface area contributed by atoms with E-state index < -0.39 is 26.5 Å². The number of carbonyl (C=O) groups excluding carboxylic acids is 2. The summed E-state index contributed by atoms with van der Waals surface area (Å²) in [5.41, 5.74) is 0. The first kappa shape index (κ1) is 61.9. The van der Waals surface area contributed by atoms with Crippen molar-refractivity contribution in [3.8, 4) is 0 Å². The zero-order chi connectivity index (χ0) is 47.4. The van der Waals surface area contributed by atoms with E-state index in [0.717, 1.165) is 103 Å². The third-order valence-electron chi connectivity index (χ3n) is 10.5. The molecule has 2 atom stereocenters. The summed E-state index contributed by atoms with van der Waals surface area (Å²) in [6.45, 7) is 3.38. The maximum Gasteiger partial charge on any atom is 0.472 e. The van der Waals surface area contributed by atoms with Crippen molar-refractivity contribution in [2.24, 2.45) is 0 Å².